The summed E-state index contributed by atoms with van der Waals surface area (Å²) >= 11 is 5.98. The Hall–Kier alpha value is -2.79. The molecule has 2 heterocycles. The highest BCUT2D eigenvalue weighted by Crippen LogP contribution is 2.37. The minimum atomic E-state index is -0.0899. The third kappa shape index (κ3) is 2.87. The predicted octanol–water partition coefficient (Wildman–Crippen LogP) is 4.01. The lowest BCUT2D eigenvalue weighted by molar-refractivity contribution is -0.116. The summed E-state index contributed by atoms with van der Waals surface area (Å²) in [6, 6.07) is 15.2. The zero-order chi connectivity index (χ0) is 17.4. The van der Waals surface area contributed by atoms with E-state index in [1.807, 2.05) is 53.1 Å². The maximum atomic E-state index is 12.3. The van der Waals surface area contributed by atoms with Crippen LogP contribution in [0, 0.1) is 0 Å². The standard InChI is InChI=1S/C19H16ClN3O2/c1-25-15-4-2-3-14(9-15)23-11-21-18-16(10-17(24)22-19(18)23)12-5-7-13(20)8-6-12/h2-9,11,16H,10H2,1H3,(H,22,24)/t16-/m0/s1. The molecule has 25 heavy (non-hydrogen) atoms. The van der Waals surface area contributed by atoms with Crippen molar-refractivity contribution in [3.63, 3.8) is 0 Å². The first-order valence-corrected chi connectivity index (χ1v) is 8.30. The van der Waals surface area contributed by atoms with Crippen molar-refractivity contribution < 1.29 is 9.53 Å². The lowest BCUT2D eigenvalue weighted by atomic mass is 9.90. The molecule has 1 aromatic heterocycles. The van der Waals surface area contributed by atoms with Crippen LogP contribution in [-0.2, 0) is 4.79 Å². The molecule has 5 nitrogen and oxygen atoms in total. The number of carbonyl (C=O) groups excluding carboxylic acids is 1. The van der Waals surface area contributed by atoms with Crippen molar-refractivity contribution >= 4 is 23.3 Å². The van der Waals surface area contributed by atoms with E-state index in [2.05, 4.69) is 10.3 Å². The summed E-state index contributed by atoms with van der Waals surface area (Å²) in [4.78, 5) is 16.9. The molecule has 1 atom stereocenters. The molecule has 1 aliphatic rings. The van der Waals surface area contributed by atoms with E-state index >= 15 is 0 Å². The van der Waals surface area contributed by atoms with Crippen LogP contribution in [0.2, 0.25) is 5.02 Å². The number of fused-ring (bicyclic) bond motifs is 1. The summed E-state index contributed by atoms with van der Waals surface area (Å²) in [5, 5.41) is 3.62. The number of hydrogen-bond acceptors (Lipinski definition) is 3. The molecule has 3 aromatic rings. The van der Waals surface area contributed by atoms with Gasteiger partial charge in [0.05, 0.1) is 18.5 Å². The van der Waals surface area contributed by atoms with Crippen LogP contribution in [0.15, 0.2) is 54.9 Å². The van der Waals surface area contributed by atoms with Crippen molar-refractivity contribution in [1.82, 2.24) is 9.55 Å². The fourth-order valence-corrected chi connectivity index (χ4v) is 3.26. The molecule has 4 rings (SSSR count). The van der Waals surface area contributed by atoms with Gasteiger partial charge in [0, 0.05) is 23.4 Å². The van der Waals surface area contributed by atoms with E-state index in [1.54, 1.807) is 13.4 Å². The van der Waals surface area contributed by atoms with Gasteiger partial charge in [-0.3, -0.25) is 9.36 Å². The summed E-state index contributed by atoms with van der Waals surface area (Å²) in [5.74, 6) is 1.32. The number of amides is 1. The molecule has 0 aliphatic carbocycles. The Morgan fingerprint density at radius 2 is 2.04 bits per heavy atom. The van der Waals surface area contributed by atoms with E-state index in [0.717, 1.165) is 22.7 Å². The second-order valence-electron chi connectivity index (χ2n) is 5.91. The van der Waals surface area contributed by atoms with Gasteiger partial charge in [0.2, 0.25) is 5.91 Å². The van der Waals surface area contributed by atoms with Gasteiger partial charge in [-0.15, -0.1) is 0 Å². The van der Waals surface area contributed by atoms with Gasteiger partial charge in [0.25, 0.3) is 0 Å². The Balaban J connectivity index is 1.79. The van der Waals surface area contributed by atoms with Crippen LogP contribution in [0.5, 0.6) is 5.75 Å². The third-order valence-corrected chi connectivity index (χ3v) is 4.63. The van der Waals surface area contributed by atoms with Crippen molar-refractivity contribution in [2.75, 3.05) is 12.4 Å². The Kier molecular flexibility index (Phi) is 3.93. The van der Waals surface area contributed by atoms with Crippen molar-refractivity contribution in [2.45, 2.75) is 12.3 Å². The Bertz CT molecular complexity index is 934. The molecular weight excluding hydrogens is 338 g/mol. The van der Waals surface area contributed by atoms with Crippen LogP contribution >= 0.6 is 11.6 Å². The van der Waals surface area contributed by atoms with Gasteiger partial charge in [0.1, 0.15) is 17.9 Å². The second-order valence-corrected chi connectivity index (χ2v) is 6.34. The van der Waals surface area contributed by atoms with Gasteiger partial charge in [-0.1, -0.05) is 29.8 Å². The van der Waals surface area contributed by atoms with Crippen molar-refractivity contribution in [1.29, 1.82) is 0 Å². The topological polar surface area (TPSA) is 56.1 Å². The predicted molar refractivity (Wildman–Crippen MR) is 96.7 cm³/mol. The fourth-order valence-electron chi connectivity index (χ4n) is 3.13. The number of imidazole rings is 1. The number of ether oxygens (including phenoxy) is 1. The molecule has 0 unspecified atom stereocenters. The number of benzene rings is 2. The maximum Gasteiger partial charge on any atom is 0.226 e. The van der Waals surface area contributed by atoms with E-state index in [9.17, 15) is 4.79 Å². The number of carbonyl (C=O) groups is 1. The normalized spacial score (nSPS) is 16.2. The molecule has 2 aromatic carbocycles. The molecule has 0 saturated heterocycles. The fraction of sp³-hybridized carbons (Fsp3) is 0.158. The smallest absolute Gasteiger partial charge is 0.226 e. The molecule has 1 aliphatic heterocycles. The molecule has 6 heteroatoms. The maximum absolute atomic E-state index is 12.3. The number of rotatable bonds is 3. The van der Waals surface area contributed by atoms with Crippen LogP contribution in [0.3, 0.4) is 0 Å². The molecule has 126 valence electrons. The van der Waals surface area contributed by atoms with Crippen molar-refractivity contribution in [2.24, 2.45) is 0 Å². The SMILES string of the molecule is COc1cccc(-n2cnc3c2NC(=O)C[C@H]3c2ccc(Cl)cc2)c1. The van der Waals surface area contributed by atoms with Gasteiger partial charge in [-0.2, -0.15) is 0 Å². The van der Waals surface area contributed by atoms with Gasteiger partial charge < -0.3 is 10.1 Å². The van der Waals surface area contributed by atoms with Gasteiger partial charge in [-0.25, -0.2) is 4.98 Å². The summed E-state index contributed by atoms with van der Waals surface area (Å²) < 4.78 is 7.16. The summed E-state index contributed by atoms with van der Waals surface area (Å²) in [6.07, 6.45) is 2.09. The zero-order valence-corrected chi connectivity index (χ0v) is 14.3. The Morgan fingerprint density at radius 3 is 2.80 bits per heavy atom. The van der Waals surface area contributed by atoms with Gasteiger partial charge in [-0.05, 0) is 29.8 Å². The number of aromatic nitrogens is 2. The molecular formula is C19H16ClN3O2. The highest BCUT2D eigenvalue weighted by atomic mass is 35.5. The number of nitrogens with zero attached hydrogens (tertiary/aromatic N) is 2. The average Bonchev–Trinajstić information content (AvgIpc) is 3.05. The monoisotopic (exact) mass is 353 g/mol. The van der Waals surface area contributed by atoms with Crippen molar-refractivity contribution in [3.8, 4) is 11.4 Å². The number of anilines is 1. The summed E-state index contributed by atoms with van der Waals surface area (Å²) in [7, 11) is 1.63. The minimum Gasteiger partial charge on any atom is -0.497 e. The van der Waals surface area contributed by atoms with E-state index in [1.165, 1.54) is 0 Å². The molecule has 0 radical (unpaired) electrons. The summed E-state index contributed by atoms with van der Waals surface area (Å²) in [6.45, 7) is 0. The Labute approximate surface area is 150 Å². The number of hydrogen-bond donors (Lipinski definition) is 1. The highest BCUT2D eigenvalue weighted by molar-refractivity contribution is 6.30. The van der Waals surface area contributed by atoms with E-state index in [0.29, 0.717) is 17.3 Å². The third-order valence-electron chi connectivity index (χ3n) is 4.38. The zero-order valence-electron chi connectivity index (χ0n) is 13.6. The van der Waals surface area contributed by atoms with Crippen LogP contribution in [0.1, 0.15) is 23.6 Å². The molecule has 1 N–H and O–H groups in total. The van der Waals surface area contributed by atoms with Crippen LogP contribution in [0.4, 0.5) is 5.82 Å². The first-order chi connectivity index (χ1) is 12.2. The minimum absolute atomic E-state index is 0.0305. The number of nitrogens with one attached hydrogen (secondary N) is 1. The number of methoxy groups -OCH3 is 1. The highest BCUT2D eigenvalue weighted by Gasteiger charge is 2.30. The second kappa shape index (κ2) is 6.26. The molecule has 0 saturated carbocycles. The lowest BCUT2D eigenvalue weighted by Crippen LogP contribution is -2.24. The van der Waals surface area contributed by atoms with Crippen LogP contribution in [0.25, 0.3) is 5.69 Å². The van der Waals surface area contributed by atoms with E-state index in [4.69, 9.17) is 16.3 Å². The van der Waals surface area contributed by atoms with E-state index in [-0.39, 0.29) is 11.8 Å². The summed E-state index contributed by atoms with van der Waals surface area (Å²) in [5.41, 5.74) is 2.76. The average molecular weight is 354 g/mol. The molecule has 1 amide bonds. The van der Waals surface area contributed by atoms with Crippen LogP contribution in [-0.4, -0.2) is 22.6 Å². The molecule has 0 fully saturated rings. The van der Waals surface area contributed by atoms with E-state index < -0.39 is 0 Å². The Morgan fingerprint density at radius 1 is 1.24 bits per heavy atom. The molecule has 0 spiro atoms. The lowest BCUT2D eigenvalue weighted by Gasteiger charge is -2.23. The van der Waals surface area contributed by atoms with Crippen LogP contribution < -0.4 is 10.1 Å². The number of halogens is 1. The van der Waals surface area contributed by atoms with Gasteiger partial charge in [0.15, 0.2) is 0 Å². The van der Waals surface area contributed by atoms with Gasteiger partial charge >= 0.3 is 0 Å². The quantitative estimate of drug-likeness (QED) is 0.774. The largest absolute Gasteiger partial charge is 0.497 e. The first kappa shape index (κ1) is 15.7. The van der Waals surface area contributed by atoms with Crippen molar-refractivity contribution in [3.05, 3.63) is 71.1 Å². The molecule has 0 bridgehead atoms. The first-order valence-electron chi connectivity index (χ1n) is 7.92.